The fourth-order valence-corrected chi connectivity index (χ4v) is 1.25. The number of allylic oxidation sites excluding steroid dienone is 1. The molecule has 0 atom stereocenters. The second kappa shape index (κ2) is 5.66. The van der Waals surface area contributed by atoms with Gasteiger partial charge in [0.15, 0.2) is 0 Å². The molecule has 0 saturated carbocycles. The summed E-state index contributed by atoms with van der Waals surface area (Å²) in [5.74, 6) is 0. The van der Waals surface area contributed by atoms with Gasteiger partial charge in [0, 0.05) is 0 Å². The third-order valence-corrected chi connectivity index (χ3v) is 1.91. The molecule has 0 saturated heterocycles. The Bertz CT molecular complexity index is 152. The van der Waals surface area contributed by atoms with E-state index >= 15 is 0 Å². The van der Waals surface area contributed by atoms with Crippen LogP contribution >= 0.6 is 0 Å². The first-order valence-corrected chi connectivity index (χ1v) is 4.46. The molecule has 1 nitrogen and oxygen atoms in total. The second-order valence-electron chi connectivity index (χ2n) is 2.90. The topological polar surface area (TPSA) is 3.24 Å². The van der Waals surface area contributed by atoms with Crippen LogP contribution in [0.3, 0.4) is 0 Å². The van der Waals surface area contributed by atoms with E-state index in [1.807, 2.05) is 0 Å². The molecule has 1 rings (SSSR count). The zero-order chi connectivity index (χ0) is 7.94. The van der Waals surface area contributed by atoms with Crippen molar-refractivity contribution in [2.45, 2.75) is 11.5 Å². The molecule has 0 unspecified atom stereocenters. The molecular weight excluding hydrogens is 129 g/mol. The molecule has 0 N–H and O–H groups in total. The van der Waals surface area contributed by atoms with E-state index in [2.05, 4.69) is 46.9 Å². The van der Waals surface area contributed by atoms with Gasteiger partial charge in [0.05, 0.1) is 0 Å². The van der Waals surface area contributed by atoms with E-state index < -0.39 is 0 Å². The fraction of sp³-hybridized carbons (Fsp3) is 0.556. The zero-order valence-corrected chi connectivity index (χ0v) is 7.29. The van der Waals surface area contributed by atoms with Crippen LogP contribution in [-0.4, -0.2) is 42.2 Å². The van der Waals surface area contributed by atoms with Crippen molar-refractivity contribution in [2.24, 2.45) is 0 Å². The van der Waals surface area contributed by atoms with Gasteiger partial charge in [-0.3, -0.25) is 0 Å². The summed E-state index contributed by atoms with van der Waals surface area (Å²) in [6.45, 7) is 3.48. The van der Waals surface area contributed by atoms with Gasteiger partial charge in [-0.1, -0.05) is 0 Å². The maximum atomic E-state index is 2.45. The summed E-state index contributed by atoms with van der Waals surface area (Å²) in [5, 5.41) is 1.16. The molecule has 1 heterocycles. The Balaban J connectivity index is 2.16. The molecule has 2 heteroatoms. The van der Waals surface area contributed by atoms with Gasteiger partial charge in [0.2, 0.25) is 0 Å². The van der Waals surface area contributed by atoms with Gasteiger partial charge in [0.1, 0.15) is 0 Å². The Labute approximate surface area is 78.4 Å². The Hall–Kier alpha value is 0.0374. The van der Waals surface area contributed by atoms with Crippen molar-refractivity contribution >= 4 is 17.7 Å². The van der Waals surface area contributed by atoms with Crippen molar-refractivity contribution in [2.75, 3.05) is 19.6 Å². The van der Waals surface area contributed by atoms with Gasteiger partial charge in [-0.2, -0.15) is 0 Å². The minimum atomic E-state index is 1.12. The standard InChI is InChI=1S/C9H14N.Li/c1-2-3-7-10-8-5-4-6-9-10;/h2-5H,1,6-9H2;. The van der Waals surface area contributed by atoms with Crippen molar-refractivity contribution in [1.82, 2.24) is 4.90 Å². The number of hydrogen-bond acceptors (Lipinski definition) is 1. The normalized spacial score (nSPS) is 19.8. The van der Waals surface area contributed by atoms with Crippen molar-refractivity contribution < 1.29 is 0 Å². The minimum absolute atomic E-state index is 1.12. The van der Waals surface area contributed by atoms with Crippen LogP contribution in [0.15, 0.2) is 24.3 Å². The van der Waals surface area contributed by atoms with Crippen molar-refractivity contribution in [3.8, 4) is 0 Å². The van der Waals surface area contributed by atoms with Crippen molar-refractivity contribution in [3.05, 3.63) is 24.3 Å². The van der Waals surface area contributed by atoms with Crippen LogP contribution in [0.25, 0.3) is 0 Å². The molecule has 0 aromatic heterocycles. The predicted octanol–water partition coefficient (Wildman–Crippen LogP) is 1.39. The summed E-state index contributed by atoms with van der Waals surface area (Å²) >= 11 is 2.17. The molecule has 1 aliphatic rings. The van der Waals surface area contributed by atoms with E-state index in [1.54, 1.807) is 0 Å². The molecule has 0 fully saturated rings. The zero-order valence-electron chi connectivity index (χ0n) is 7.29. The van der Waals surface area contributed by atoms with E-state index in [0.717, 1.165) is 18.2 Å². The van der Waals surface area contributed by atoms with Crippen LogP contribution < -0.4 is 0 Å². The third-order valence-electron chi connectivity index (χ3n) is 1.91. The van der Waals surface area contributed by atoms with E-state index in [-0.39, 0.29) is 0 Å². The first-order valence-electron chi connectivity index (χ1n) is 4.46. The Kier molecular flexibility index (Phi) is 4.69. The summed E-state index contributed by atoms with van der Waals surface area (Å²) in [4.78, 5) is 2.45. The van der Waals surface area contributed by atoms with E-state index in [0.29, 0.717) is 0 Å². The molecule has 0 amide bonds. The molecule has 0 bridgehead atoms. The summed E-state index contributed by atoms with van der Waals surface area (Å²) in [5.41, 5.74) is 0. The number of rotatable bonds is 3. The predicted molar refractivity (Wildman–Crippen MR) is 49.9 cm³/mol. The van der Waals surface area contributed by atoms with Crippen LogP contribution in [-0.2, 0) is 0 Å². The van der Waals surface area contributed by atoms with Crippen molar-refractivity contribution in [1.29, 1.82) is 0 Å². The van der Waals surface area contributed by atoms with Crippen LogP contribution in [0.4, 0.5) is 0 Å². The van der Waals surface area contributed by atoms with E-state index in [4.69, 9.17) is 0 Å². The van der Waals surface area contributed by atoms with Crippen molar-refractivity contribution in [3.63, 3.8) is 0 Å². The first-order chi connectivity index (χ1) is 5.43. The van der Waals surface area contributed by atoms with E-state index in [9.17, 15) is 0 Å². The van der Waals surface area contributed by atoms with Gasteiger partial charge < -0.3 is 0 Å². The maximum absolute atomic E-state index is 2.45. The molecule has 0 aliphatic carbocycles. The number of hydrogen-bond donors (Lipinski definition) is 0. The SMILES string of the molecule is [Li][CH2]C=CCN1CC=CCC1. The summed E-state index contributed by atoms with van der Waals surface area (Å²) < 4.78 is 0. The summed E-state index contributed by atoms with van der Waals surface area (Å²) in [6.07, 6.45) is 10.2. The quantitative estimate of drug-likeness (QED) is 0.426. The molecule has 0 spiro atoms. The van der Waals surface area contributed by atoms with Crippen LogP contribution in [0.1, 0.15) is 6.42 Å². The average Bonchev–Trinajstić information content (AvgIpc) is 2.07. The molecular formula is C9H14LiN. The van der Waals surface area contributed by atoms with Gasteiger partial charge >= 0.3 is 78.1 Å². The summed E-state index contributed by atoms with van der Waals surface area (Å²) in [6, 6.07) is 0. The van der Waals surface area contributed by atoms with Crippen LogP contribution in [0.5, 0.6) is 0 Å². The molecule has 11 heavy (non-hydrogen) atoms. The Morgan fingerprint density at radius 2 is 2.27 bits per heavy atom. The van der Waals surface area contributed by atoms with Gasteiger partial charge in [-0.05, 0) is 0 Å². The fourth-order valence-electron chi connectivity index (χ4n) is 1.25. The molecule has 0 aromatic carbocycles. The average molecular weight is 143 g/mol. The summed E-state index contributed by atoms with van der Waals surface area (Å²) in [7, 11) is 0. The monoisotopic (exact) mass is 143 g/mol. The van der Waals surface area contributed by atoms with Gasteiger partial charge in [0.25, 0.3) is 0 Å². The van der Waals surface area contributed by atoms with Gasteiger partial charge in [-0.25, -0.2) is 0 Å². The molecule has 0 radical (unpaired) electrons. The van der Waals surface area contributed by atoms with E-state index in [1.165, 1.54) is 13.0 Å². The second-order valence-corrected chi connectivity index (χ2v) is 2.90. The van der Waals surface area contributed by atoms with Gasteiger partial charge in [-0.15, -0.1) is 0 Å². The Morgan fingerprint density at radius 1 is 1.36 bits per heavy atom. The van der Waals surface area contributed by atoms with Crippen LogP contribution in [0.2, 0.25) is 5.09 Å². The first kappa shape index (κ1) is 9.13. The Morgan fingerprint density at radius 3 is 2.91 bits per heavy atom. The van der Waals surface area contributed by atoms with Crippen LogP contribution in [0, 0.1) is 0 Å². The molecule has 56 valence electrons. The molecule has 0 aromatic rings. The number of nitrogens with zero attached hydrogens (tertiary/aromatic N) is 1. The third kappa shape index (κ3) is 3.81. The molecule has 1 aliphatic heterocycles.